The van der Waals surface area contributed by atoms with Crippen molar-refractivity contribution < 1.29 is 4.74 Å². The molecule has 0 saturated carbocycles. The second-order valence-corrected chi connectivity index (χ2v) is 4.60. The molecule has 0 amide bonds. The van der Waals surface area contributed by atoms with Crippen molar-refractivity contribution in [3.63, 3.8) is 0 Å². The molecule has 90 valence electrons. The standard InChI is InChI=1S/C11H18ClN3O/c1-8-9(13-7-14-10(8)16-5)15(4)11(2,3)6-12/h7H,6H2,1-5H3. The van der Waals surface area contributed by atoms with Crippen molar-refractivity contribution in [1.29, 1.82) is 0 Å². The zero-order chi connectivity index (χ0) is 12.3. The number of hydrogen-bond donors (Lipinski definition) is 0. The van der Waals surface area contributed by atoms with Gasteiger partial charge in [-0.15, -0.1) is 11.6 Å². The molecule has 16 heavy (non-hydrogen) atoms. The van der Waals surface area contributed by atoms with Crippen LogP contribution in [0.3, 0.4) is 0 Å². The van der Waals surface area contributed by atoms with Crippen molar-refractivity contribution >= 4 is 17.4 Å². The molecule has 0 aliphatic carbocycles. The van der Waals surface area contributed by atoms with Crippen LogP contribution in [0.4, 0.5) is 5.82 Å². The van der Waals surface area contributed by atoms with Crippen LogP contribution in [0.25, 0.3) is 0 Å². The molecule has 4 nitrogen and oxygen atoms in total. The van der Waals surface area contributed by atoms with E-state index in [1.54, 1.807) is 7.11 Å². The van der Waals surface area contributed by atoms with Crippen LogP contribution >= 0.6 is 11.6 Å². The van der Waals surface area contributed by atoms with Crippen molar-refractivity contribution in [3.8, 4) is 5.88 Å². The van der Waals surface area contributed by atoms with Crippen molar-refractivity contribution in [3.05, 3.63) is 11.9 Å². The molecule has 0 bridgehead atoms. The Labute approximate surface area is 102 Å². The number of anilines is 1. The molecule has 0 spiro atoms. The first kappa shape index (κ1) is 13.0. The van der Waals surface area contributed by atoms with E-state index >= 15 is 0 Å². The molecule has 0 aromatic carbocycles. The lowest BCUT2D eigenvalue weighted by atomic mass is 10.1. The minimum absolute atomic E-state index is 0.161. The second kappa shape index (κ2) is 4.87. The average molecular weight is 244 g/mol. The van der Waals surface area contributed by atoms with E-state index in [-0.39, 0.29) is 5.54 Å². The quantitative estimate of drug-likeness (QED) is 0.761. The normalized spacial score (nSPS) is 11.4. The van der Waals surface area contributed by atoms with E-state index in [1.165, 1.54) is 6.33 Å². The lowest BCUT2D eigenvalue weighted by molar-refractivity contribution is 0.392. The van der Waals surface area contributed by atoms with E-state index in [2.05, 4.69) is 23.8 Å². The fraction of sp³-hybridized carbons (Fsp3) is 0.636. The topological polar surface area (TPSA) is 38.3 Å². The first-order chi connectivity index (χ1) is 7.44. The summed E-state index contributed by atoms with van der Waals surface area (Å²) in [7, 11) is 3.57. The molecule has 0 fully saturated rings. The number of aromatic nitrogens is 2. The van der Waals surface area contributed by atoms with Crippen molar-refractivity contribution in [1.82, 2.24) is 9.97 Å². The predicted octanol–water partition coefficient (Wildman–Crippen LogP) is 2.25. The van der Waals surface area contributed by atoms with Gasteiger partial charge in [0.1, 0.15) is 12.1 Å². The van der Waals surface area contributed by atoms with Crippen molar-refractivity contribution in [2.45, 2.75) is 26.3 Å². The van der Waals surface area contributed by atoms with E-state index in [1.807, 2.05) is 18.9 Å². The van der Waals surface area contributed by atoms with Gasteiger partial charge in [0, 0.05) is 18.5 Å². The minimum atomic E-state index is -0.161. The molecule has 1 heterocycles. The highest BCUT2D eigenvalue weighted by Crippen LogP contribution is 2.28. The van der Waals surface area contributed by atoms with E-state index in [4.69, 9.17) is 16.3 Å². The molecule has 0 aliphatic rings. The van der Waals surface area contributed by atoms with Crippen LogP contribution in [0, 0.1) is 6.92 Å². The van der Waals surface area contributed by atoms with Crippen LogP contribution in [0.5, 0.6) is 5.88 Å². The number of ether oxygens (including phenoxy) is 1. The fourth-order valence-corrected chi connectivity index (χ4v) is 1.52. The van der Waals surface area contributed by atoms with Gasteiger partial charge in [0.25, 0.3) is 0 Å². The summed E-state index contributed by atoms with van der Waals surface area (Å²) < 4.78 is 5.17. The molecule has 1 aromatic heterocycles. The fourth-order valence-electron chi connectivity index (χ4n) is 1.35. The Bertz CT molecular complexity index is 368. The third-order valence-corrected chi connectivity index (χ3v) is 3.41. The molecule has 0 N–H and O–H groups in total. The molecule has 0 saturated heterocycles. The minimum Gasteiger partial charge on any atom is -0.481 e. The highest BCUT2D eigenvalue weighted by molar-refractivity contribution is 6.18. The van der Waals surface area contributed by atoms with Crippen LogP contribution < -0.4 is 9.64 Å². The first-order valence-corrected chi connectivity index (χ1v) is 5.63. The Morgan fingerprint density at radius 3 is 2.56 bits per heavy atom. The van der Waals surface area contributed by atoms with Crippen LogP contribution in [-0.2, 0) is 0 Å². The predicted molar refractivity (Wildman–Crippen MR) is 66.5 cm³/mol. The van der Waals surface area contributed by atoms with Crippen LogP contribution in [0.1, 0.15) is 19.4 Å². The van der Waals surface area contributed by atoms with Gasteiger partial charge in [-0.25, -0.2) is 9.97 Å². The summed E-state index contributed by atoms with van der Waals surface area (Å²) in [4.78, 5) is 10.4. The molecular weight excluding hydrogens is 226 g/mol. The van der Waals surface area contributed by atoms with Gasteiger partial charge < -0.3 is 9.64 Å². The first-order valence-electron chi connectivity index (χ1n) is 5.09. The number of nitrogens with zero attached hydrogens (tertiary/aromatic N) is 3. The molecule has 5 heteroatoms. The zero-order valence-electron chi connectivity index (χ0n) is 10.4. The summed E-state index contributed by atoms with van der Waals surface area (Å²) in [6, 6.07) is 0. The van der Waals surface area contributed by atoms with E-state index in [0.29, 0.717) is 11.8 Å². The maximum absolute atomic E-state index is 5.95. The highest BCUT2D eigenvalue weighted by Gasteiger charge is 2.25. The third kappa shape index (κ3) is 2.38. The Hall–Kier alpha value is -1.03. The van der Waals surface area contributed by atoms with Crippen LogP contribution in [0.15, 0.2) is 6.33 Å². The van der Waals surface area contributed by atoms with Gasteiger partial charge in [0.05, 0.1) is 12.7 Å². The summed E-state index contributed by atoms with van der Waals surface area (Å²) in [5.41, 5.74) is 0.761. The Kier molecular flexibility index (Phi) is 3.97. The number of methoxy groups -OCH3 is 1. The monoisotopic (exact) mass is 243 g/mol. The van der Waals surface area contributed by atoms with Gasteiger partial charge in [-0.05, 0) is 20.8 Å². The smallest absolute Gasteiger partial charge is 0.221 e. The maximum Gasteiger partial charge on any atom is 0.221 e. The van der Waals surface area contributed by atoms with Gasteiger partial charge in [-0.1, -0.05) is 0 Å². The summed E-state index contributed by atoms with van der Waals surface area (Å²) in [5, 5.41) is 0. The molecule has 1 rings (SSSR count). The SMILES string of the molecule is COc1ncnc(N(C)C(C)(C)CCl)c1C. The van der Waals surface area contributed by atoms with Gasteiger partial charge >= 0.3 is 0 Å². The summed E-state index contributed by atoms with van der Waals surface area (Å²) >= 11 is 5.95. The summed E-state index contributed by atoms with van der Waals surface area (Å²) in [5.74, 6) is 1.97. The van der Waals surface area contributed by atoms with Gasteiger partial charge in [-0.2, -0.15) is 0 Å². The number of hydrogen-bond acceptors (Lipinski definition) is 4. The largest absolute Gasteiger partial charge is 0.481 e. The Balaban J connectivity index is 3.14. The summed E-state index contributed by atoms with van der Waals surface area (Å²) in [6.07, 6.45) is 1.50. The van der Waals surface area contributed by atoms with Crippen LogP contribution in [0.2, 0.25) is 0 Å². The van der Waals surface area contributed by atoms with E-state index in [9.17, 15) is 0 Å². The lowest BCUT2D eigenvalue weighted by Crippen LogP contribution is -2.43. The van der Waals surface area contributed by atoms with Gasteiger partial charge in [0.2, 0.25) is 5.88 Å². The van der Waals surface area contributed by atoms with Crippen LogP contribution in [-0.4, -0.2) is 35.5 Å². The lowest BCUT2D eigenvalue weighted by Gasteiger charge is -2.35. The molecule has 0 atom stereocenters. The van der Waals surface area contributed by atoms with Gasteiger partial charge in [-0.3, -0.25) is 0 Å². The second-order valence-electron chi connectivity index (χ2n) is 4.34. The Morgan fingerprint density at radius 2 is 2.06 bits per heavy atom. The Morgan fingerprint density at radius 1 is 1.44 bits per heavy atom. The number of alkyl halides is 1. The number of halogens is 1. The average Bonchev–Trinajstić information content (AvgIpc) is 2.28. The number of rotatable bonds is 4. The maximum atomic E-state index is 5.95. The third-order valence-electron chi connectivity index (χ3n) is 2.76. The molecule has 0 aliphatic heterocycles. The van der Waals surface area contributed by atoms with Gasteiger partial charge in [0.15, 0.2) is 0 Å². The molecule has 1 aromatic rings. The van der Waals surface area contributed by atoms with Crippen molar-refractivity contribution in [2.24, 2.45) is 0 Å². The molecule has 0 unspecified atom stereocenters. The zero-order valence-corrected chi connectivity index (χ0v) is 11.2. The van der Waals surface area contributed by atoms with E-state index < -0.39 is 0 Å². The highest BCUT2D eigenvalue weighted by atomic mass is 35.5. The van der Waals surface area contributed by atoms with E-state index in [0.717, 1.165) is 11.4 Å². The molecule has 0 radical (unpaired) electrons. The molecular formula is C11H18ClN3O. The summed E-state index contributed by atoms with van der Waals surface area (Å²) in [6.45, 7) is 6.07. The van der Waals surface area contributed by atoms with Crippen molar-refractivity contribution in [2.75, 3.05) is 24.9 Å².